The predicted octanol–water partition coefficient (Wildman–Crippen LogP) is 2.74. The SMILES string of the molecule is CCCCN1CCN(C(=N)c2ccc(C)cc2)CC1. The van der Waals surface area contributed by atoms with Gasteiger partial charge in [-0.1, -0.05) is 43.2 Å². The fourth-order valence-electron chi connectivity index (χ4n) is 2.47. The van der Waals surface area contributed by atoms with Gasteiger partial charge in [-0.2, -0.15) is 0 Å². The number of nitrogens with zero attached hydrogens (tertiary/aromatic N) is 2. The van der Waals surface area contributed by atoms with Crippen LogP contribution < -0.4 is 0 Å². The van der Waals surface area contributed by atoms with Crippen LogP contribution in [0.2, 0.25) is 0 Å². The van der Waals surface area contributed by atoms with Gasteiger partial charge in [-0.3, -0.25) is 10.3 Å². The van der Waals surface area contributed by atoms with Crippen molar-refractivity contribution in [1.29, 1.82) is 5.41 Å². The van der Waals surface area contributed by atoms with Gasteiger partial charge in [-0.15, -0.1) is 0 Å². The van der Waals surface area contributed by atoms with Crippen molar-refractivity contribution in [3.63, 3.8) is 0 Å². The zero-order chi connectivity index (χ0) is 13.7. The average molecular weight is 259 g/mol. The molecule has 19 heavy (non-hydrogen) atoms. The van der Waals surface area contributed by atoms with E-state index in [0.717, 1.165) is 31.7 Å². The van der Waals surface area contributed by atoms with Gasteiger partial charge in [-0.05, 0) is 19.9 Å². The number of hydrogen-bond acceptors (Lipinski definition) is 2. The summed E-state index contributed by atoms with van der Waals surface area (Å²) >= 11 is 0. The van der Waals surface area contributed by atoms with Gasteiger partial charge in [0.15, 0.2) is 0 Å². The number of nitrogens with one attached hydrogen (secondary N) is 1. The van der Waals surface area contributed by atoms with Crippen LogP contribution in [0.4, 0.5) is 0 Å². The number of rotatable bonds is 4. The Labute approximate surface area is 116 Å². The van der Waals surface area contributed by atoms with E-state index in [4.69, 9.17) is 5.41 Å². The lowest BCUT2D eigenvalue weighted by atomic mass is 10.1. The Kier molecular flexibility index (Phi) is 4.97. The van der Waals surface area contributed by atoms with Crippen LogP contribution in [0.3, 0.4) is 0 Å². The van der Waals surface area contributed by atoms with Gasteiger partial charge in [0.05, 0.1) is 0 Å². The molecule has 0 amide bonds. The van der Waals surface area contributed by atoms with Crippen LogP contribution in [-0.2, 0) is 0 Å². The highest BCUT2D eigenvalue weighted by atomic mass is 15.3. The predicted molar refractivity (Wildman–Crippen MR) is 80.9 cm³/mol. The molecule has 104 valence electrons. The van der Waals surface area contributed by atoms with Crippen molar-refractivity contribution < 1.29 is 0 Å². The Bertz CT molecular complexity index is 403. The van der Waals surface area contributed by atoms with Crippen molar-refractivity contribution in [3.8, 4) is 0 Å². The highest BCUT2D eigenvalue weighted by molar-refractivity contribution is 5.96. The number of amidine groups is 1. The van der Waals surface area contributed by atoms with Crippen LogP contribution in [0.25, 0.3) is 0 Å². The van der Waals surface area contributed by atoms with E-state index in [-0.39, 0.29) is 0 Å². The van der Waals surface area contributed by atoms with Gasteiger partial charge in [0, 0.05) is 31.7 Å². The number of aryl methyl sites for hydroxylation is 1. The summed E-state index contributed by atoms with van der Waals surface area (Å²) in [5.41, 5.74) is 2.29. The number of unbranched alkanes of at least 4 members (excludes halogenated alkanes) is 1. The molecule has 1 aliphatic heterocycles. The Morgan fingerprint density at radius 3 is 2.32 bits per heavy atom. The lowest BCUT2D eigenvalue weighted by molar-refractivity contribution is 0.180. The first-order valence-electron chi connectivity index (χ1n) is 7.33. The van der Waals surface area contributed by atoms with Crippen molar-refractivity contribution in [2.24, 2.45) is 0 Å². The molecule has 0 unspecified atom stereocenters. The quantitative estimate of drug-likeness (QED) is 0.665. The zero-order valence-electron chi connectivity index (χ0n) is 12.2. The molecule has 3 heteroatoms. The van der Waals surface area contributed by atoms with Crippen LogP contribution in [0.5, 0.6) is 0 Å². The van der Waals surface area contributed by atoms with Gasteiger partial charge in [0.2, 0.25) is 0 Å². The third kappa shape index (κ3) is 3.80. The first kappa shape index (κ1) is 14.1. The molecule has 1 N–H and O–H groups in total. The maximum atomic E-state index is 8.31. The van der Waals surface area contributed by atoms with Gasteiger partial charge < -0.3 is 4.90 Å². The summed E-state index contributed by atoms with van der Waals surface area (Å²) < 4.78 is 0. The van der Waals surface area contributed by atoms with E-state index in [1.54, 1.807) is 0 Å². The molecule has 0 aliphatic carbocycles. The Morgan fingerprint density at radius 2 is 1.74 bits per heavy atom. The standard InChI is InChI=1S/C16H25N3/c1-3-4-9-18-10-12-19(13-11-18)16(17)15-7-5-14(2)6-8-15/h5-8,17H,3-4,9-13H2,1-2H3. The average Bonchev–Trinajstić information content (AvgIpc) is 2.46. The van der Waals surface area contributed by atoms with E-state index in [9.17, 15) is 0 Å². The van der Waals surface area contributed by atoms with Crippen LogP contribution in [0, 0.1) is 12.3 Å². The largest absolute Gasteiger partial charge is 0.354 e. The molecule has 1 heterocycles. The molecule has 0 spiro atoms. The van der Waals surface area contributed by atoms with Crippen LogP contribution in [0.15, 0.2) is 24.3 Å². The van der Waals surface area contributed by atoms with Crippen LogP contribution in [-0.4, -0.2) is 48.4 Å². The summed E-state index contributed by atoms with van der Waals surface area (Å²) in [5, 5.41) is 8.31. The first-order chi connectivity index (χ1) is 9.20. The van der Waals surface area contributed by atoms with Crippen molar-refractivity contribution in [2.75, 3.05) is 32.7 Å². The van der Waals surface area contributed by atoms with Gasteiger partial charge in [-0.25, -0.2) is 0 Å². The molecule has 3 nitrogen and oxygen atoms in total. The molecule has 1 aliphatic rings. The number of piperazine rings is 1. The third-order valence-corrected chi connectivity index (χ3v) is 3.84. The molecule has 0 saturated carbocycles. The maximum Gasteiger partial charge on any atom is 0.128 e. The smallest absolute Gasteiger partial charge is 0.128 e. The van der Waals surface area contributed by atoms with E-state index < -0.39 is 0 Å². The third-order valence-electron chi connectivity index (χ3n) is 3.84. The molecule has 1 aromatic rings. The molecule has 0 bridgehead atoms. The minimum atomic E-state index is 0.676. The van der Waals surface area contributed by atoms with Gasteiger partial charge >= 0.3 is 0 Å². The lowest BCUT2D eigenvalue weighted by Crippen LogP contribution is -2.48. The molecular weight excluding hydrogens is 234 g/mol. The summed E-state index contributed by atoms with van der Waals surface area (Å²) in [4.78, 5) is 4.72. The van der Waals surface area contributed by atoms with Gasteiger partial charge in [0.1, 0.15) is 5.84 Å². The molecule has 1 aromatic carbocycles. The van der Waals surface area contributed by atoms with E-state index in [0.29, 0.717) is 5.84 Å². The minimum Gasteiger partial charge on any atom is -0.354 e. The Hall–Kier alpha value is -1.35. The second kappa shape index (κ2) is 6.71. The van der Waals surface area contributed by atoms with E-state index in [1.807, 2.05) is 0 Å². The second-order valence-corrected chi connectivity index (χ2v) is 5.40. The molecule has 0 radical (unpaired) electrons. The second-order valence-electron chi connectivity index (χ2n) is 5.40. The van der Waals surface area contributed by atoms with E-state index in [1.165, 1.54) is 24.9 Å². The molecule has 1 saturated heterocycles. The summed E-state index contributed by atoms with van der Waals surface area (Å²) in [6.07, 6.45) is 2.55. The molecular formula is C16H25N3. The first-order valence-corrected chi connectivity index (χ1v) is 7.33. The monoisotopic (exact) mass is 259 g/mol. The molecule has 0 atom stereocenters. The fourth-order valence-corrected chi connectivity index (χ4v) is 2.47. The van der Waals surface area contributed by atoms with Crippen LogP contribution >= 0.6 is 0 Å². The van der Waals surface area contributed by atoms with Crippen molar-refractivity contribution in [1.82, 2.24) is 9.80 Å². The fraction of sp³-hybridized carbons (Fsp3) is 0.562. The Balaban J connectivity index is 1.87. The topological polar surface area (TPSA) is 30.3 Å². The summed E-state index contributed by atoms with van der Waals surface area (Å²) in [6, 6.07) is 8.28. The number of hydrogen-bond donors (Lipinski definition) is 1. The molecule has 2 rings (SSSR count). The maximum absolute atomic E-state index is 8.31. The highest BCUT2D eigenvalue weighted by Crippen LogP contribution is 2.10. The van der Waals surface area contributed by atoms with Crippen LogP contribution in [0.1, 0.15) is 30.9 Å². The van der Waals surface area contributed by atoms with E-state index >= 15 is 0 Å². The zero-order valence-corrected chi connectivity index (χ0v) is 12.2. The highest BCUT2D eigenvalue weighted by Gasteiger charge is 2.19. The summed E-state index contributed by atoms with van der Waals surface area (Å²) in [5.74, 6) is 0.676. The summed E-state index contributed by atoms with van der Waals surface area (Å²) in [6.45, 7) is 9.68. The molecule has 1 fully saturated rings. The molecule has 0 aromatic heterocycles. The van der Waals surface area contributed by atoms with Gasteiger partial charge in [0.25, 0.3) is 0 Å². The van der Waals surface area contributed by atoms with Crippen molar-refractivity contribution >= 4 is 5.84 Å². The lowest BCUT2D eigenvalue weighted by Gasteiger charge is -2.36. The van der Waals surface area contributed by atoms with Crippen molar-refractivity contribution in [3.05, 3.63) is 35.4 Å². The summed E-state index contributed by atoms with van der Waals surface area (Å²) in [7, 11) is 0. The minimum absolute atomic E-state index is 0.676. The normalized spacial score (nSPS) is 16.6. The van der Waals surface area contributed by atoms with E-state index in [2.05, 4.69) is 47.9 Å². The number of benzene rings is 1. The van der Waals surface area contributed by atoms with Crippen molar-refractivity contribution in [2.45, 2.75) is 26.7 Å². The Morgan fingerprint density at radius 1 is 1.11 bits per heavy atom.